The Bertz CT molecular complexity index is 235. The van der Waals surface area contributed by atoms with Gasteiger partial charge in [-0.05, 0) is 0 Å². The molecule has 0 aliphatic carbocycles. The van der Waals surface area contributed by atoms with Gasteiger partial charge in [-0.15, -0.1) is 11.6 Å². The van der Waals surface area contributed by atoms with Gasteiger partial charge >= 0.3 is 5.97 Å². The van der Waals surface area contributed by atoms with Crippen LogP contribution in [0.15, 0.2) is 0 Å². The maximum atomic E-state index is 10.7. The van der Waals surface area contributed by atoms with E-state index >= 15 is 0 Å². The highest BCUT2D eigenvalue weighted by atomic mass is 35.5. The van der Waals surface area contributed by atoms with Crippen LogP contribution in [0.3, 0.4) is 0 Å². The van der Waals surface area contributed by atoms with Crippen LogP contribution in [0.25, 0.3) is 0 Å². The van der Waals surface area contributed by atoms with Gasteiger partial charge in [-0.2, -0.15) is 0 Å². The zero-order valence-electron chi connectivity index (χ0n) is 8.04. The van der Waals surface area contributed by atoms with Crippen molar-refractivity contribution in [3.05, 3.63) is 0 Å². The van der Waals surface area contributed by atoms with E-state index in [4.69, 9.17) is 26.2 Å². The Hall–Kier alpha value is -0.400. The van der Waals surface area contributed by atoms with Gasteiger partial charge in [0.05, 0.1) is 6.61 Å². The van der Waals surface area contributed by atoms with E-state index in [1.807, 2.05) is 0 Å². The van der Waals surface area contributed by atoms with Crippen LogP contribution < -0.4 is 0 Å². The van der Waals surface area contributed by atoms with Crippen LogP contribution in [0, 0.1) is 0 Å². The molecule has 0 aromatic carbocycles. The van der Waals surface area contributed by atoms with Gasteiger partial charge in [0.25, 0.3) is 0 Å². The minimum Gasteiger partial charge on any atom is -0.458 e. The molecule has 1 aliphatic rings. The van der Waals surface area contributed by atoms with Crippen molar-refractivity contribution in [3.63, 3.8) is 0 Å². The first-order valence-corrected chi connectivity index (χ1v) is 4.84. The third-order valence-electron chi connectivity index (χ3n) is 2.10. The third kappa shape index (κ3) is 2.79. The Morgan fingerprint density at radius 3 is 2.60 bits per heavy atom. The summed E-state index contributed by atoms with van der Waals surface area (Å²) in [5.41, 5.74) is 0. The Morgan fingerprint density at radius 1 is 1.53 bits per heavy atom. The van der Waals surface area contributed by atoms with E-state index in [-0.39, 0.29) is 0 Å². The van der Waals surface area contributed by atoms with Crippen molar-refractivity contribution in [1.82, 2.24) is 0 Å². The van der Waals surface area contributed by atoms with Crippen LogP contribution in [0.2, 0.25) is 0 Å². The average Bonchev–Trinajstić information content (AvgIpc) is 2.18. The second kappa shape index (κ2) is 5.09. The van der Waals surface area contributed by atoms with Crippen molar-refractivity contribution in [2.45, 2.75) is 36.9 Å². The predicted octanol–water partition coefficient (Wildman–Crippen LogP) is -1.40. The molecular weight excluding hydrogens is 228 g/mol. The molecular formula is C8H13ClO6. The van der Waals surface area contributed by atoms with Crippen molar-refractivity contribution in [1.29, 1.82) is 0 Å². The molecule has 0 unspecified atom stereocenters. The summed E-state index contributed by atoms with van der Waals surface area (Å²) in [6.45, 7) is 0.658. The van der Waals surface area contributed by atoms with E-state index in [2.05, 4.69) is 0 Å². The number of carbonyl (C=O) groups is 1. The molecule has 7 heteroatoms. The number of hydrogen-bond acceptors (Lipinski definition) is 6. The molecule has 3 N–H and O–H groups in total. The van der Waals surface area contributed by atoms with E-state index < -0.39 is 42.6 Å². The number of rotatable bonds is 2. The second-order valence-corrected chi connectivity index (χ2v) is 3.76. The predicted molar refractivity (Wildman–Crippen MR) is 49.2 cm³/mol. The Kier molecular flexibility index (Phi) is 4.30. The van der Waals surface area contributed by atoms with Crippen molar-refractivity contribution < 1.29 is 29.6 Å². The highest BCUT2D eigenvalue weighted by Crippen LogP contribution is 2.26. The molecule has 1 saturated heterocycles. The van der Waals surface area contributed by atoms with Crippen LogP contribution in [0.4, 0.5) is 0 Å². The molecule has 15 heavy (non-hydrogen) atoms. The molecule has 0 spiro atoms. The second-order valence-electron chi connectivity index (χ2n) is 3.26. The lowest BCUT2D eigenvalue weighted by atomic mass is 10.0. The fraction of sp³-hybridized carbons (Fsp3) is 0.875. The molecule has 0 radical (unpaired) electrons. The van der Waals surface area contributed by atoms with Gasteiger partial charge in [-0.3, -0.25) is 4.79 Å². The van der Waals surface area contributed by atoms with E-state index in [9.17, 15) is 15.0 Å². The fourth-order valence-electron chi connectivity index (χ4n) is 1.37. The number of carbonyl (C=O) groups excluding carboxylic acids is 1. The molecule has 88 valence electrons. The van der Waals surface area contributed by atoms with Gasteiger partial charge < -0.3 is 24.8 Å². The summed E-state index contributed by atoms with van der Waals surface area (Å²) in [6.07, 6.45) is -4.76. The first kappa shape index (κ1) is 12.7. The molecule has 0 aromatic heterocycles. The van der Waals surface area contributed by atoms with Gasteiger partial charge in [0.1, 0.15) is 17.6 Å². The van der Waals surface area contributed by atoms with Gasteiger partial charge in [0, 0.05) is 6.92 Å². The average molecular weight is 241 g/mol. The van der Waals surface area contributed by atoms with Crippen LogP contribution in [-0.4, -0.2) is 57.9 Å². The minimum absolute atomic E-state index is 0.500. The van der Waals surface area contributed by atoms with Crippen molar-refractivity contribution in [2.24, 2.45) is 0 Å². The lowest BCUT2D eigenvalue weighted by Gasteiger charge is -2.39. The molecule has 0 bridgehead atoms. The molecule has 1 heterocycles. The highest BCUT2D eigenvalue weighted by Gasteiger charge is 2.45. The lowest BCUT2D eigenvalue weighted by molar-refractivity contribution is -0.241. The number of aliphatic hydroxyl groups is 3. The molecule has 1 rings (SSSR count). The summed E-state index contributed by atoms with van der Waals surface area (Å²) in [5.74, 6) is -0.629. The maximum Gasteiger partial charge on any atom is 0.303 e. The smallest absolute Gasteiger partial charge is 0.303 e. The number of aliphatic hydroxyl groups excluding tert-OH is 3. The van der Waals surface area contributed by atoms with E-state index in [1.54, 1.807) is 0 Å². The van der Waals surface area contributed by atoms with Crippen LogP contribution in [-0.2, 0) is 14.3 Å². The monoisotopic (exact) mass is 240 g/mol. The number of ether oxygens (including phenoxy) is 2. The van der Waals surface area contributed by atoms with Crippen molar-refractivity contribution in [3.8, 4) is 0 Å². The fourth-order valence-corrected chi connectivity index (χ4v) is 1.63. The summed E-state index contributed by atoms with van der Waals surface area (Å²) >= 11 is 5.70. The van der Waals surface area contributed by atoms with E-state index in [0.29, 0.717) is 0 Å². The quantitative estimate of drug-likeness (QED) is 0.406. The molecule has 5 atom stereocenters. The molecule has 0 aromatic rings. The number of alkyl halides is 1. The molecule has 0 amide bonds. The zero-order chi connectivity index (χ0) is 11.6. The van der Waals surface area contributed by atoms with Crippen molar-refractivity contribution >= 4 is 17.6 Å². The number of halogens is 1. The summed E-state index contributed by atoms with van der Waals surface area (Å²) in [6, 6.07) is 0. The molecule has 6 nitrogen and oxygen atoms in total. The Balaban J connectivity index is 2.74. The molecule has 1 fully saturated rings. The standard InChI is InChI=1S/C8H13ClO6/c1-3(11)14-7-5(9)8(13)15-4(2-10)6(7)12/h4-8,10,12-13H,2H2,1H3/t4-,5-,6-,7-,8+/m1/s1. The first-order chi connectivity index (χ1) is 6.97. The Labute approximate surface area is 91.4 Å². The summed E-state index contributed by atoms with van der Waals surface area (Å²) in [5, 5.41) is 26.7. The van der Waals surface area contributed by atoms with Gasteiger partial charge in [-0.25, -0.2) is 0 Å². The topological polar surface area (TPSA) is 96.2 Å². The normalized spacial score (nSPS) is 41.3. The van der Waals surface area contributed by atoms with Gasteiger partial charge in [-0.1, -0.05) is 0 Å². The van der Waals surface area contributed by atoms with Crippen LogP contribution >= 0.6 is 11.6 Å². The summed E-state index contributed by atoms with van der Waals surface area (Å²) < 4.78 is 9.55. The summed E-state index contributed by atoms with van der Waals surface area (Å²) in [4.78, 5) is 10.7. The highest BCUT2D eigenvalue weighted by molar-refractivity contribution is 6.21. The van der Waals surface area contributed by atoms with E-state index in [1.165, 1.54) is 0 Å². The molecule has 0 saturated carbocycles. The van der Waals surface area contributed by atoms with Crippen LogP contribution in [0.5, 0.6) is 0 Å². The van der Waals surface area contributed by atoms with Crippen molar-refractivity contribution in [2.75, 3.05) is 6.61 Å². The number of esters is 1. The largest absolute Gasteiger partial charge is 0.458 e. The van der Waals surface area contributed by atoms with Gasteiger partial charge in [0.2, 0.25) is 0 Å². The molecule has 1 aliphatic heterocycles. The zero-order valence-corrected chi connectivity index (χ0v) is 8.79. The van der Waals surface area contributed by atoms with Gasteiger partial charge in [0.15, 0.2) is 12.4 Å². The number of hydrogen-bond donors (Lipinski definition) is 3. The SMILES string of the molecule is CC(=O)O[C@H]1[C@H](O)[C@@H](CO)O[C@H](O)[C@@H]1Cl. The lowest BCUT2D eigenvalue weighted by Crippen LogP contribution is -2.57. The first-order valence-electron chi connectivity index (χ1n) is 4.41. The van der Waals surface area contributed by atoms with Crippen LogP contribution in [0.1, 0.15) is 6.92 Å². The van der Waals surface area contributed by atoms with E-state index in [0.717, 1.165) is 6.92 Å². The maximum absolute atomic E-state index is 10.7. The third-order valence-corrected chi connectivity index (χ3v) is 2.56. The summed E-state index contributed by atoms with van der Waals surface area (Å²) in [7, 11) is 0. The Morgan fingerprint density at radius 2 is 2.13 bits per heavy atom. The minimum atomic E-state index is -1.39.